The van der Waals surface area contributed by atoms with Crippen LogP contribution >= 0.6 is 0 Å². The molecule has 0 saturated heterocycles. The second kappa shape index (κ2) is 4.33. The number of hydrogen-bond acceptors (Lipinski definition) is 1. The van der Waals surface area contributed by atoms with E-state index in [0.717, 1.165) is 17.8 Å². The third-order valence-corrected chi connectivity index (χ3v) is 5.75. The van der Waals surface area contributed by atoms with E-state index < -0.39 is 0 Å². The number of fused-ring (bicyclic) bond motifs is 1. The molecule has 1 nitrogen and oxygen atoms in total. The fraction of sp³-hybridized carbons (Fsp3) is 1.00. The highest BCUT2D eigenvalue weighted by atomic mass is 16.3. The summed E-state index contributed by atoms with van der Waals surface area (Å²) in [5.41, 5.74) is 0. The predicted molar refractivity (Wildman–Crippen MR) is 66.1 cm³/mol. The Labute approximate surface area is 99.6 Å². The van der Waals surface area contributed by atoms with Crippen LogP contribution in [0.4, 0.5) is 0 Å². The van der Waals surface area contributed by atoms with Gasteiger partial charge in [0, 0.05) is 0 Å². The molecule has 16 heavy (non-hydrogen) atoms. The molecule has 5 atom stereocenters. The van der Waals surface area contributed by atoms with E-state index in [4.69, 9.17) is 0 Å². The minimum absolute atomic E-state index is 0.0599. The first-order chi connectivity index (χ1) is 7.81. The molecule has 92 valence electrons. The van der Waals surface area contributed by atoms with Crippen molar-refractivity contribution < 1.29 is 5.11 Å². The maximum atomic E-state index is 10.5. The average molecular weight is 222 g/mol. The lowest BCUT2D eigenvalue weighted by atomic mass is 9.76. The van der Waals surface area contributed by atoms with Gasteiger partial charge in [-0.1, -0.05) is 32.6 Å². The summed E-state index contributed by atoms with van der Waals surface area (Å²) in [6.45, 7) is 2.31. The van der Waals surface area contributed by atoms with Gasteiger partial charge in [-0.15, -0.1) is 0 Å². The molecule has 0 bridgehead atoms. The first-order valence-electron chi connectivity index (χ1n) is 7.49. The second-order valence-corrected chi connectivity index (χ2v) is 6.53. The first kappa shape index (κ1) is 11.1. The molecule has 5 unspecified atom stereocenters. The van der Waals surface area contributed by atoms with Gasteiger partial charge in [-0.3, -0.25) is 0 Å². The van der Waals surface area contributed by atoms with Crippen LogP contribution in [-0.4, -0.2) is 11.2 Å². The van der Waals surface area contributed by atoms with Crippen molar-refractivity contribution in [3.63, 3.8) is 0 Å². The van der Waals surface area contributed by atoms with Crippen molar-refractivity contribution >= 4 is 0 Å². The van der Waals surface area contributed by atoms with Gasteiger partial charge in [0.1, 0.15) is 0 Å². The third-order valence-electron chi connectivity index (χ3n) is 5.75. The Morgan fingerprint density at radius 3 is 2.44 bits per heavy atom. The third kappa shape index (κ3) is 1.81. The van der Waals surface area contributed by atoms with Crippen LogP contribution in [0.1, 0.15) is 58.3 Å². The first-order valence-corrected chi connectivity index (χ1v) is 7.49. The van der Waals surface area contributed by atoms with Crippen LogP contribution in [0.3, 0.4) is 0 Å². The molecule has 3 aliphatic rings. The maximum absolute atomic E-state index is 10.5. The molecule has 1 heteroatoms. The van der Waals surface area contributed by atoms with Crippen LogP contribution in [0, 0.1) is 29.6 Å². The van der Waals surface area contributed by atoms with Crippen molar-refractivity contribution in [2.75, 3.05) is 0 Å². The maximum Gasteiger partial charge on any atom is 0.0602 e. The van der Waals surface area contributed by atoms with Crippen molar-refractivity contribution in [3.05, 3.63) is 0 Å². The Kier molecular flexibility index (Phi) is 2.99. The molecule has 0 amide bonds. The van der Waals surface area contributed by atoms with E-state index in [1.807, 2.05) is 0 Å². The molecule has 3 saturated carbocycles. The fourth-order valence-corrected chi connectivity index (χ4v) is 4.71. The zero-order valence-electron chi connectivity index (χ0n) is 10.6. The summed E-state index contributed by atoms with van der Waals surface area (Å²) in [5.74, 6) is 4.13. The Morgan fingerprint density at radius 1 is 1.06 bits per heavy atom. The molecule has 0 aromatic rings. The molecule has 0 radical (unpaired) electrons. The van der Waals surface area contributed by atoms with Crippen molar-refractivity contribution in [3.8, 4) is 0 Å². The average Bonchev–Trinajstić information content (AvgIpc) is 2.81. The van der Waals surface area contributed by atoms with Gasteiger partial charge < -0.3 is 5.11 Å². The summed E-state index contributed by atoms with van der Waals surface area (Å²) in [7, 11) is 0. The molecule has 3 aliphatic carbocycles. The molecule has 0 spiro atoms. The Hall–Kier alpha value is -0.0400. The summed E-state index contributed by atoms with van der Waals surface area (Å²) < 4.78 is 0. The van der Waals surface area contributed by atoms with Crippen LogP contribution in [0.2, 0.25) is 0 Å². The van der Waals surface area contributed by atoms with Gasteiger partial charge in [0.15, 0.2) is 0 Å². The van der Waals surface area contributed by atoms with Gasteiger partial charge in [-0.2, -0.15) is 0 Å². The lowest BCUT2D eigenvalue weighted by molar-refractivity contribution is 0.0413. The molecule has 0 aromatic carbocycles. The number of aliphatic hydroxyl groups excluding tert-OH is 1. The summed E-state index contributed by atoms with van der Waals surface area (Å²) in [5, 5.41) is 10.5. The topological polar surface area (TPSA) is 20.2 Å². The molecule has 0 aliphatic heterocycles. The van der Waals surface area contributed by atoms with Crippen LogP contribution in [0.5, 0.6) is 0 Å². The van der Waals surface area contributed by atoms with E-state index in [-0.39, 0.29) is 6.10 Å². The molecule has 0 heterocycles. The van der Waals surface area contributed by atoms with Crippen LogP contribution < -0.4 is 0 Å². The predicted octanol–water partition coefficient (Wildman–Crippen LogP) is 3.61. The highest BCUT2D eigenvalue weighted by molar-refractivity contribution is 5.05. The molecular formula is C15H26O. The highest BCUT2D eigenvalue weighted by Crippen LogP contribution is 2.60. The molecule has 3 rings (SSSR count). The smallest absolute Gasteiger partial charge is 0.0602 e. The Bertz CT molecular complexity index is 240. The molecule has 1 N–H and O–H groups in total. The van der Waals surface area contributed by atoms with Gasteiger partial charge in [-0.05, 0) is 55.3 Å². The molecule has 3 fully saturated rings. The van der Waals surface area contributed by atoms with E-state index in [2.05, 4.69) is 6.92 Å². The van der Waals surface area contributed by atoms with Crippen LogP contribution in [0.15, 0.2) is 0 Å². The van der Waals surface area contributed by atoms with Gasteiger partial charge in [0.25, 0.3) is 0 Å². The monoisotopic (exact) mass is 222 g/mol. The van der Waals surface area contributed by atoms with Crippen molar-refractivity contribution in [1.29, 1.82) is 0 Å². The van der Waals surface area contributed by atoms with E-state index in [1.54, 1.807) is 0 Å². The van der Waals surface area contributed by atoms with Gasteiger partial charge in [0.2, 0.25) is 0 Å². The SMILES string of the molecule is CCC1CCCC(C(O)C2C3CCCC32)C1. The zero-order chi connectivity index (χ0) is 11.1. The minimum atomic E-state index is 0.0599. The van der Waals surface area contributed by atoms with E-state index >= 15 is 0 Å². The van der Waals surface area contributed by atoms with Crippen LogP contribution in [-0.2, 0) is 0 Å². The van der Waals surface area contributed by atoms with E-state index in [9.17, 15) is 5.11 Å². The number of aliphatic hydroxyl groups is 1. The molecule has 0 aromatic heterocycles. The second-order valence-electron chi connectivity index (χ2n) is 6.53. The van der Waals surface area contributed by atoms with Crippen LogP contribution in [0.25, 0.3) is 0 Å². The summed E-state index contributed by atoms with van der Waals surface area (Å²) in [4.78, 5) is 0. The normalized spacial score (nSPS) is 48.8. The summed E-state index contributed by atoms with van der Waals surface area (Å²) in [6, 6.07) is 0. The van der Waals surface area contributed by atoms with E-state index in [1.165, 1.54) is 51.4 Å². The number of rotatable bonds is 3. The Balaban J connectivity index is 1.56. The van der Waals surface area contributed by atoms with Gasteiger partial charge in [-0.25, -0.2) is 0 Å². The molecular weight excluding hydrogens is 196 g/mol. The summed E-state index contributed by atoms with van der Waals surface area (Å²) >= 11 is 0. The van der Waals surface area contributed by atoms with E-state index in [0.29, 0.717) is 11.8 Å². The minimum Gasteiger partial charge on any atom is -0.393 e. The van der Waals surface area contributed by atoms with Gasteiger partial charge in [0.05, 0.1) is 6.10 Å². The number of hydrogen-bond donors (Lipinski definition) is 1. The van der Waals surface area contributed by atoms with Crippen molar-refractivity contribution in [2.45, 2.75) is 64.4 Å². The lowest BCUT2D eigenvalue weighted by Gasteiger charge is -2.32. The zero-order valence-corrected chi connectivity index (χ0v) is 10.6. The fourth-order valence-electron chi connectivity index (χ4n) is 4.71. The van der Waals surface area contributed by atoms with Gasteiger partial charge >= 0.3 is 0 Å². The largest absolute Gasteiger partial charge is 0.393 e. The van der Waals surface area contributed by atoms with Crippen molar-refractivity contribution in [1.82, 2.24) is 0 Å². The Morgan fingerprint density at radius 2 is 1.75 bits per heavy atom. The van der Waals surface area contributed by atoms with Crippen molar-refractivity contribution in [2.24, 2.45) is 29.6 Å². The lowest BCUT2D eigenvalue weighted by Crippen LogP contribution is -2.29. The standard InChI is InChI=1S/C15H26O/c1-2-10-5-3-6-11(9-10)15(16)14-12-7-4-8-13(12)14/h10-16H,2-9H2,1H3. The summed E-state index contributed by atoms with van der Waals surface area (Å²) in [6.07, 6.45) is 11.0. The highest BCUT2D eigenvalue weighted by Gasteiger charge is 2.56. The quantitative estimate of drug-likeness (QED) is 0.773.